The first kappa shape index (κ1) is 31.1. The van der Waals surface area contributed by atoms with Crippen LogP contribution < -0.4 is 4.90 Å². The highest BCUT2D eigenvalue weighted by molar-refractivity contribution is 9.09. The number of hydrogen-bond donors (Lipinski definition) is 1. The molecule has 1 spiro atoms. The molecule has 1 aromatic carbocycles. The van der Waals surface area contributed by atoms with Crippen molar-refractivity contribution in [3.63, 3.8) is 0 Å². The van der Waals surface area contributed by atoms with Crippen molar-refractivity contribution in [1.82, 2.24) is 4.90 Å². The maximum absolute atomic E-state index is 14.5. The van der Waals surface area contributed by atoms with E-state index in [9.17, 15) is 14.4 Å². The lowest BCUT2D eigenvalue weighted by Gasteiger charge is -2.37. The summed E-state index contributed by atoms with van der Waals surface area (Å²) in [6.07, 6.45) is 8.59. The average Bonchev–Trinajstić information content (AvgIpc) is 3.53. The number of rotatable bonds is 15. The number of thioether (sulfide) groups is 1. The Balaban J connectivity index is 1.68. The number of hydrogen-bond acceptors (Lipinski definition) is 6. The Bertz CT molecular complexity index is 1100. The number of halogens is 2. The summed E-state index contributed by atoms with van der Waals surface area (Å²) in [5, 5.41) is 9.58. The number of fused-ring (bicyclic) bond motifs is 1. The smallest absolute Gasteiger partial charge is 0.310 e. The van der Waals surface area contributed by atoms with Gasteiger partial charge in [0.1, 0.15) is 6.04 Å². The van der Waals surface area contributed by atoms with E-state index in [1.165, 1.54) is 0 Å². The molecule has 3 saturated heterocycles. The second kappa shape index (κ2) is 13.9. The van der Waals surface area contributed by atoms with E-state index in [-0.39, 0.29) is 47.6 Å². The number of amides is 2. The van der Waals surface area contributed by atoms with Gasteiger partial charge in [0, 0.05) is 40.5 Å². The van der Waals surface area contributed by atoms with Crippen molar-refractivity contribution in [3.8, 4) is 0 Å². The number of carbonyl (C=O) groups excluding carboxylic acids is 3. The molecular formula is C30H38BrClN2O5S. The van der Waals surface area contributed by atoms with Crippen LogP contribution in [0.15, 0.2) is 49.6 Å². The fourth-order valence-electron chi connectivity index (χ4n) is 6.38. The second-order valence-corrected chi connectivity index (χ2v) is 13.8. The molecule has 40 heavy (non-hydrogen) atoms. The van der Waals surface area contributed by atoms with E-state index < -0.39 is 22.6 Å². The number of ether oxygens (including phenoxy) is 1. The number of aliphatic hydroxyl groups is 1. The molecule has 1 aromatic rings. The summed E-state index contributed by atoms with van der Waals surface area (Å²) in [4.78, 5) is 45.5. The van der Waals surface area contributed by atoms with Gasteiger partial charge < -0.3 is 19.6 Å². The monoisotopic (exact) mass is 652 g/mol. The van der Waals surface area contributed by atoms with E-state index in [0.29, 0.717) is 42.9 Å². The molecule has 10 heteroatoms. The summed E-state index contributed by atoms with van der Waals surface area (Å²) >= 11 is 11.5. The van der Waals surface area contributed by atoms with Crippen LogP contribution in [0.2, 0.25) is 5.02 Å². The Morgan fingerprint density at radius 3 is 2.58 bits per heavy atom. The molecule has 3 unspecified atom stereocenters. The van der Waals surface area contributed by atoms with E-state index in [4.69, 9.17) is 21.4 Å². The van der Waals surface area contributed by atoms with Gasteiger partial charge in [0.2, 0.25) is 5.91 Å². The molecule has 0 aromatic heterocycles. The Morgan fingerprint density at radius 2 is 1.90 bits per heavy atom. The number of unbranched alkanes of at least 4 members (excludes halogenated alkanes) is 4. The van der Waals surface area contributed by atoms with E-state index in [0.717, 1.165) is 19.3 Å². The summed E-state index contributed by atoms with van der Waals surface area (Å²) in [5.74, 6) is -1.91. The zero-order valence-corrected chi connectivity index (χ0v) is 25.8. The van der Waals surface area contributed by atoms with Crippen LogP contribution >= 0.6 is 39.3 Å². The first-order chi connectivity index (χ1) is 19.3. The number of esters is 1. The van der Waals surface area contributed by atoms with Crippen molar-refractivity contribution in [1.29, 1.82) is 0 Å². The minimum absolute atomic E-state index is 0.0181. The molecule has 218 valence electrons. The second-order valence-electron chi connectivity index (χ2n) is 10.6. The lowest BCUT2D eigenvalue weighted by atomic mass is 9.71. The molecule has 3 heterocycles. The van der Waals surface area contributed by atoms with Crippen molar-refractivity contribution in [2.75, 3.05) is 31.2 Å². The van der Waals surface area contributed by atoms with Gasteiger partial charge in [0.15, 0.2) is 0 Å². The quantitative estimate of drug-likeness (QED) is 0.118. The molecule has 0 saturated carbocycles. The van der Waals surface area contributed by atoms with Gasteiger partial charge in [-0.1, -0.05) is 52.5 Å². The van der Waals surface area contributed by atoms with E-state index >= 15 is 0 Å². The first-order valence-electron chi connectivity index (χ1n) is 14.0. The van der Waals surface area contributed by atoms with Crippen molar-refractivity contribution in [2.45, 2.75) is 65.8 Å². The highest BCUT2D eigenvalue weighted by atomic mass is 79.9. The maximum Gasteiger partial charge on any atom is 0.310 e. The highest BCUT2D eigenvalue weighted by Gasteiger charge is 2.76. The number of aliphatic hydroxyl groups excluding tert-OH is 1. The summed E-state index contributed by atoms with van der Waals surface area (Å²) in [7, 11) is 0. The summed E-state index contributed by atoms with van der Waals surface area (Å²) in [6.45, 7) is 8.68. The molecule has 1 N–H and O–H groups in total. The molecule has 4 rings (SSSR count). The molecule has 2 bridgehead atoms. The zero-order valence-electron chi connectivity index (χ0n) is 22.7. The largest absolute Gasteiger partial charge is 0.465 e. The van der Waals surface area contributed by atoms with Crippen molar-refractivity contribution in [2.24, 2.45) is 11.8 Å². The van der Waals surface area contributed by atoms with Crippen LogP contribution in [0.3, 0.4) is 0 Å². The molecule has 3 fully saturated rings. The van der Waals surface area contributed by atoms with Crippen LogP contribution in [0.4, 0.5) is 5.69 Å². The minimum Gasteiger partial charge on any atom is -0.465 e. The van der Waals surface area contributed by atoms with E-state index in [2.05, 4.69) is 29.1 Å². The fourth-order valence-corrected chi connectivity index (χ4v) is 10.1. The lowest BCUT2D eigenvalue weighted by molar-refractivity contribution is -0.154. The van der Waals surface area contributed by atoms with Crippen LogP contribution in [0.5, 0.6) is 0 Å². The molecule has 7 nitrogen and oxygen atoms in total. The van der Waals surface area contributed by atoms with Gasteiger partial charge in [-0.05, 0) is 56.4 Å². The van der Waals surface area contributed by atoms with E-state index in [1.54, 1.807) is 58.0 Å². The van der Waals surface area contributed by atoms with Crippen LogP contribution in [0.1, 0.15) is 44.9 Å². The third-order valence-electron chi connectivity index (χ3n) is 8.12. The Hall–Kier alpha value is -1.81. The lowest BCUT2D eigenvalue weighted by Crippen LogP contribution is -2.55. The zero-order chi connectivity index (χ0) is 28.9. The van der Waals surface area contributed by atoms with Crippen LogP contribution in [0, 0.1) is 11.8 Å². The topological polar surface area (TPSA) is 87.2 Å². The number of allylic oxidation sites excluding steroid dienone is 1. The van der Waals surface area contributed by atoms with Gasteiger partial charge >= 0.3 is 5.97 Å². The third-order valence-corrected chi connectivity index (χ3v) is 11.6. The number of anilines is 1. The average molecular weight is 654 g/mol. The highest BCUT2D eigenvalue weighted by Crippen LogP contribution is 2.68. The number of likely N-dealkylation sites (tertiary alicyclic amines) is 1. The molecule has 3 aliphatic heterocycles. The summed E-state index contributed by atoms with van der Waals surface area (Å²) in [6, 6.07) is 6.34. The van der Waals surface area contributed by atoms with Gasteiger partial charge in [0.25, 0.3) is 5.91 Å². The van der Waals surface area contributed by atoms with E-state index in [1.807, 2.05) is 0 Å². The predicted octanol–water partition coefficient (Wildman–Crippen LogP) is 5.39. The third kappa shape index (κ3) is 6.03. The normalized spacial score (nSPS) is 28.4. The minimum atomic E-state index is -0.741. The maximum atomic E-state index is 14.5. The van der Waals surface area contributed by atoms with Crippen LogP contribution in [-0.2, 0) is 19.1 Å². The Kier molecular flexibility index (Phi) is 10.8. The molecule has 0 aliphatic carbocycles. The molecule has 2 amide bonds. The van der Waals surface area contributed by atoms with Crippen molar-refractivity contribution in [3.05, 3.63) is 54.6 Å². The first-order valence-corrected chi connectivity index (χ1v) is 16.2. The summed E-state index contributed by atoms with van der Waals surface area (Å²) < 4.78 is 4.93. The number of benzene rings is 1. The van der Waals surface area contributed by atoms with Gasteiger partial charge in [0.05, 0.1) is 23.2 Å². The van der Waals surface area contributed by atoms with Gasteiger partial charge in [-0.2, -0.15) is 0 Å². The number of carbonyl (C=O) groups is 3. The van der Waals surface area contributed by atoms with Crippen molar-refractivity contribution >= 4 is 62.8 Å². The SMILES string of the molecule is C=CCCCOC(=O)[C@H]1[C@@H]2SC3(CC2Br)C(C(=O)N(CC=C)c2ccc(Cl)cc2)N(CCCCCCO)C(=O)[C@H]13. The van der Waals surface area contributed by atoms with Crippen LogP contribution in [-0.4, -0.2) is 75.0 Å². The van der Waals surface area contributed by atoms with Gasteiger partial charge in [-0.3, -0.25) is 14.4 Å². The molecule has 6 atom stereocenters. The number of alkyl halides is 1. The molecular weight excluding hydrogens is 616 g/mol. The predicted molar refractivity (Wildman–Crippen MR) is 164 cm³/mol. The molecule has 0 radical (unpaired) electrons. The van der Waals surface area contributed by atoms with Crippen molar-refractivity contribution < 1.29 is 24.2 Å². The standard InChI is InChI=1S/C30H38BrClN2O5S/c1-3-5-10-18-39-29(38)23-24-27(36)34(16-8-6-7-9-17-35)26(30(24)19-22(31)25(23)40-30)28(37)33(15-4-2)21-13-11-20(32)12-14-21/h3-4,11-14,22-26,35H,1-2,5-10,15-19H2/t22?,23-,24+,25-,26?,30?/m1/s1. The Morgan fingerprint density at radius 1 is 1.18 bits per heavy atom. The van der Waals surface area contributed by atoms with Gasteiger partial charge in [-0.25, -0.2) is 0 Å². The molecule has 3 aliphatic rings. The fraction of sp³-hybridized carbons (Fsp3) is 0.567. The Labute approximate surface area is 254 Å². The summed E-state index contributed by atoms with van der Waals surface area (Å²) in [5.41, 5.74) is 0.676. The van der Waals surface area contributed by atoms with Gasteiger partial charge in [-0.15, -0.1) is 24.9 Å². The van der Waals surface area contributed by atoms with Crippen LogP contribution in [0.25, 0.3) is 0 Å². The number of nitrogens with zero attached hydrogens (tertiary/aromatic N) is 2.